The molecule has 2 heterocycles. The molecule has 3 aromatic rings. The lowest BCUT2D eigenvalue weighted by molar-refractivity contribution is 0.172. The lowest BCUT2D eigenvalue weighted by Crippen LogP contribution is -2.35. The highest BCUT2D eigenvalue weighted by atomic mass is 16.5. The number of benzene rings is 2. The van der Waals surface area contributed by atoms with Crippen molar-refractivity contribution in [2.45, 2.75) is 25.3 Å². The van der Waals surface area contributed by atoms with Crippen LogP contribution >= 0.6 is 0 Å². The predicted octanol–water partition coefficient (Wildman–Crippen LogP) is 3.74. The van der Waals surface area contributed by atoms with E-state index in [1.54, 1.807) is 12.4 Å². The van der Waals surface area contributed by atoms with Crippen molar-refractivity contribution in [3.05, 3.63) is 48.8 Å². The highest BCUT2D eigenvalue weighted by molar-refractivity contribution is 5.97. The molecule has 2 atom stereocenters. The number of nitrogen functional groups attached to an aromatic ring is 1. The Labute approximate surface area is 159 Å². The summed E-state index contributed by atoms with van der Waals surface area (Å²) in [7, 11) is 0. The van der Waals surface area contributed by atoms with Crippen LogP contribution in [-0.4, -0.2) is 40.6 Å². The molecule has 138 valence electrons. The van der Waals surface area contributed by atoms with Gasteiger partial charge in [0.2, 0.25) is 5.95 Å². The Morgan fingerprint density at radius 3 is 2.74 bits per heavy atom. The first kappa shape index (κ1) is 16.5. The third-order valence-corrected chi connectivity index (χ3v) is 5.99. The van der Waals surface area contributed by atoms with Crippen molar-refractivity contribution in [2.75, 3.05) is 25.4 Å². The van der Waals surface area contributed by atoms with E-state index in [0.29, 0.717) is 0 Å². The number of ether oxygens (including phenoxy) is 1. The van der Waals surface area contributed by atoms with Crippen LogP contribution in [-0.2, 0) is 0 Å². The van der Waals surface area contributed by atoms with Gasteiger partial charge >= 0.3 is 0 Å². The molecule has 1 aromatic heterocycles. The molecule has 2 fully saturated rings. The second kappa shape index (κ2) is 6.82. The van der Waals surface area contributed by atoms with Crippen LogP contribution in [0, 0.1) is 5.92 Å². The van der Waals surface area contributed by atoms with Gasteiger partial charge in [-0.15, -0.1) is 0 Å². The Morgan fingerprint density at radius 1 is 1.11 bits per heavy atom. The fourth-order valence-electron chi connectivity index (χ4n) is 4.66. The molecule has 0 spiro atoms. The third kappa shape index (κ3) is 3.23. The molecule has 0 radical (unpaired) electrons. The number of nitrogens with two attached hydrogens (primary N) is 1. The van der Waals surface area contributed by atoms with Crippen molar-refractivity contribution in [2.24, 2.45) is 5.92 Å². The van der Waals surface area contributed by atoms with E-state index >= 15 is 0 Å². The zero-order valence-corrected chi connectivity index (χ0v) is 15.3. The average molecular weight is 360 g/mol. The van der Waals surface area contributed by atoms with Crippen molar-refractivity contribution in [1.82, 2.24) is 14.9 Å². The van der Waals surface area contributed by atoms with Gasteiger partial charge in [0.15, 0.2) is 0 Å². The normalized spacial score (nSPS) is 21.8. The van der Waals surface area contributed by atoms with Crippen LogP contribution in [0.5, 0.6) is 5.75 Å². The fraction of sp³-hybridized carbons (Fsp3) is 0.364. The highest BCUT2D eigenvalue weighted by Crippen LogP contribution is 2.37. The number of hydrogen-bond acceptors (Lipinski definition) is 5. The van der Waals surface area contributed by atoms with E-state index in [4.69, 9.17) is 10.5 Å². The number of fused-ring (bicyclic) bond motifs is 3. The van der Waals surface area contributed by atoms with Gasteiger partial charge in [-0.2, -0.15) is 0 Å². The summed E-state index contributed by atoms with van der Waals surface area (Å²) >= 11 is 0. The minimum Gasteiger partial charge on any atom is -0.492 e. The number of rotatable bonds is 5. The predicted molar refractivity (Wildman–Crippen MR) is 108 cm³/mol. The fourth-order valence-corrected chi connectivity index (χ4v) is 4.66. The summed E-state index contributed by atoms with van der Waals surface area (Å²) < 4.78 is 6.16. The topological polar surface area (TPSA) is 64.3 Å². The SMILES string of the molecule is Nc1ncc(-c2cc(OCCN3C[C@H]4CC[C@@H]3C4)cc3ccccc23)cn1. The van der Waals surface area contributed by atoms with E-state index in [2.05, 4.69) is 45.2 Å². The molecule has 0 unspecified atom stereocenters. The maximum atomic E-state index is 6.16. The van der Waals surface area contributed by atoms with Crippen LogP contribution in [0.4, 0.5) is 5.95 Å². The molecule has 5 rings (SSSR count). The molecular formula is C22H24N4O. The van der Waals surface area contributed by atoms with Crippen molar-refractivity contribution in [3.63, 3.8) is 0 Å². The molecule has 2 N–H and O–H groups in total. The standard InChI is InChI=1S/C22H24N4O/c23-22-24-12-17(13-25-22)21-11-19(10-16-3-1-2-4-20(16)21)27-8-7-26-14-15-5-6-18(26)9-15/h1-4,10-13,15,18H,5-9,14H2,(H2,23,24,25)/t15-,18+/m0/s1. The van der Waals surface area contributed by atoms with Gasteiger partial charge in [-0.1, -0.05) is 24.3 Å². The monoisotopic (exact) mass is 360 g/mol. The van der Waals surface area contributed by atoms with Crippen LogP contribution in [0.3, 0.4) is 0 Å². The summed E-state index contributed by atoms with van der Waals surface area (Å²) in [4.78, 5) is 10.9. The maximum Gasteiger partial charge on any atom is 0.219 e. The van der Waals surface area contributed by atoms with Gasteiger partial charge < -0.3 is 10.5 Å². The van der Waals surface area contributed by atoms with Crippen molar-refractivity contribution >= 4 is 16.7 Å². The quantitative estimate of drug-likeness (QED) is 0.751. The van der Waals surface area contributed by atoms with Gasteiger partial charge in [-0.3, -0.25) is 4.90 Å². The van der Waals surface area contributed by atoms with E-state index in [9.17, 15) is 0 Å². The second-order valence-corrected chi connectivity index (χ2v) is 7.70. The molecule has 27 heavy (non-hydrogen) atoms. The van der Waals surface area contributed by atoms with E-state index in [1.807, 2.05) is 6.07 Å². The van der Waals surface area contributed by atoms with E-state index in [-0.39, 0.29) is 5.95 Å². The van der Waals surface area contributed by atoms with Gasteiger partial charge in [0.25, 0.3) is 0 Å². The zero-order valence-electron chi connectivity index (χ0n) is 15.3. The molecule has 2 aromatic carbocycles. The minimum atomic E-state index is 0.287. The number of likely N-dealkylation sites (tertiary alicyclic amines) is 1. The largest absolute Gasteiger partial charge is 0.492 e. The minimum absolute atomic E-state index is 0.287. The number of piperidine rings is 1. The zero-order chi connectivity index (χ0) is 18.2. The summed E-state index contributed by atoms with van der Waals surface area (Å²) in [6.07, 6.45) is 7.71. The second-order valence-electron chi connectivity index (χ2n) is 7.70. The molecule has 2 aliphatic rings. The van der Waals surface area contributed by atoms with Crippen LogP contribution in [0.15, 0.2) is 48.8 Å². The molecule has 1 aliphatic heterocycles. The molecule has 5 heteroatoms. The summed E-state index contributed by atoms with van der Waals surface area (Å²) in [5.41, 5.74) is 7.67. The van der Waals surface area contributed by atoms with Crippen LogP contribution in [0.1, 0.15) is 19.3 Å². The smallest absolute Gasteiger partial charge is 0.219 e. The summed E-state index contributed by atoms with van der Waals surface area (Å²) in [5.74, 6) is 2.10. The van der Waals surface area contributed by atoms with Gasteiger partial charge in [-0.05, 0) is 53.6 Å². The molecule has 1 saturated heterocycles. The lowest BCUT2D eigenvalue weighted by atomic mass is 10.00. The number of nitrogens with zero attached hydrogens (tertiary/aromatic N) is 3. The number of aromatic nitrogens is 2. The maximum absolute atomic E-state index is 6.16. The van der Waals surface area contributed by atoms with Gasteiger partial charge in [-0.25, -0.2) is 9.97 Å². The van der Waals surface area contributed by atoms with E-state index < -0.39 is 0 Å². The third-order valence-electron chi connectivity index (χ3n) is 5.99. The highest BCUT2D eigenvalue weighted by Gasteiger charge is 2.37. The van der Waals surface area contributed by atoms with Gasteiger partial charge in [0.05, 0.1) is 0 Å². The first-order valence-electron chi connectivity index (χ1n) is 9.74. The van der Waals surface area contributed by atoms with Crippen LogP contribution in [0.25, 0.3) is 21.9 Å². The van der Waals surface area contributed by atoms with Crippen LogP contribution < -0.4 is 10.5 Å². The Kier molecular flexibility index (Phi) is 4.17. The Balaban J connectivity index is 1.38. The Morgan fingerprint density at radius 2 is 1.96 bits per heavy atom. The average Bonchev–Trinajstić information content (AvgIpc) is 3.31. The van der Waals surface area contributed by atoms with Gasteiger partial charge in [0, 0.05) is 37.1 Å². The van der Waals surface area contributed by atoms with Gasteiger partial charge in [0.1, 0.15) is 12.4 Å². The Hall–Kier alpha value is -2.66. The lowest BCUT2D eigenvalue weighted by Gasteiger charge is -2.26. The Bertz CT molecular complexity index is 956. The van der Waals surface area contributed by atoms with Crippen molar-refractivity contribution in [3.8, 4) is 16.9 Å². The van der Waals surface area contributed by atoms with Crippen molar-refractivity contribution in [1.29, 1.82) is 0 Å². The molecule has 0 amide bonds. The molecule has 5 nitrogen and oxygen atoms in total. The van der Waals surface area contributed by atoms with Crippen LogP contribution in [0.2, 0.25) is 0 Å². The molecular weight excluding hydrogens is 336 g/mol. The van der Waals surface area contributed by atoms with E-state index in [1.165, 1.54) is 25.8 Å². The summed E-state index contributed by atoms with van der Waals surface area (Å²) in [5, 5.41) is 2.32. The van der Waals surface area contributed by atoms with E-state index in [0.717, 1.165) is 52.8 Å². The number of hydrogen-bond donors (Lipinski definition) is 1. The summed E-state index contributed by atoms with van der Waals surface area (Å²) in [6, 6.07) is 13.3. The first-order chi connectivity index (χ1) is 13.3. The first-order valence-corrected chi connectivity index (χ1v) is 9.74. The molecule has 2 bridgehead atoms. The number of anilines is 1. The summed E-state index contributed by atoms with van der Waals surface area (Å²) in [6.45, 7) is 2.98. The molecule has 1 saturated carbocycles. The van der Waals surface area contributed by atoms with Crippen molar-refractivity contribution < 1.29 is 4.74 Å². The molecule has 1 aliphatic carbocycles.